The minimum atomic E-state index is -0.923. The predicted molar refractivity (Wildman–Crippen MR) is 117 cm³/mol. The number of rotatable bonds is 12. The Morgan fingerprint density at radius 2 is 1.59 bits per heavy atom. The van der Waals surface area contributed by atoms with Crippen molar-refractivity contribution in [2.24, 2.45) is 0 Å². The largest absolute Gasteiger partial charge is 0.481 e. The molecule has 2 aromatic rings. The Kier molecular flexibility index (Phi) is 9.78. The summed E-state index contributed by atoms with van der Waals surface area (Å²) in [7, 11) is 0. The van der Waals surface area contributed by atoms with Crippen LogP contribution in [0.1, 0.15) is 25.7 Å². The third-order valence-electron chi connectivity index (χ3n) is 4.11. The number of unbranched alkanes of at least 4 members (excludes halogenated alkanes) is 2. The summed E-state index contributed by atoms with van der Waals surface area (Å²) in [5.41, 5.74) is 2.94. The Balaban J connectivity index is 1.61. The van der Waals surface area contributed by atoms with Crippen LogP contribution in [-0.2, 0) is 14.4 Å². The monoisotopic (exact) mass is 414 g/mol. The lowest BCUT2D eigenvalue weighted by atomic mass is 10.1. The maximum absolute atomic E-state index is 12.1. The summed E-state index contributed by atoms with van der Waals surface area (Å²) in [5, 5.41) is 14.2. The lowest BCUT2D eigenvalue weighted by molar-refractivity contribution is -0.133. The standard InChI is InChI=1S/C22H26N2O4S/c25-20(12-5-2-6-13-23-21(26)15-29-16-22(27)28)24-19-11-7-10-18(14-19)17-8-3-1-4-9-17/h1,3-4,7-11,14H,2,5-6,12-13,15-16H2,(H,23,26)(H,24,25)(H,27,28). The Morgan fingerprint density at radius 3 is 2.34 bits per heavy atom. The van der Waals surface area contributed by atoms with Crippen LogP contribution in [0.5, 0.6) is 0 Å². The SMILES string of the molecule is O=C(O)CSCC(=O)NCCCCCC(=O)Nc1cccc(-c2ccccc2)c1. The van der Waals surface area contributed by atoms with Gasteiger partial charge in [-0.25, -0.2) is 0 Å². The number of hydrogen-bond donors (Lipinski definition) is 3. The molecule has 7 heteroatoms. The van der Waals surface area contributed by atoms with Crippen molar-refractivity contribution in [1.29, 1.82) is 0 Å². The van der Waals surface area contributed by atoms with Gasteiger partial charge in [0, 0.05) is 18.7 Å². The molecule has 3 N–H and O–H groups in total. The number of aliphatic carboxylic acids is 1. The summed E-state index contributed by atoms with van der Waals surface area (Å²) in [6, 6.07) is 17.8. The van der Waals surface area contributed by atoms with E-state index in [0.717, 1.165) is 47.8 Å². The molecule has 6 nitrogen and oxygen atoms in total. The molecule has 2 aromatic carbocycles. The van der Waals surface area contributed by atoms with Crippen LogP contribution >= 0.6 is 11.8 Å². The first-order valence-corrected chi connectivity index (χ1v) is 10.7. The number of nitrogens with one attached hydrogen (secondary N) is 2. The van der Waals surface area contributed by atoms with E-state index in [4.69, 9.17) is 5.11 Å². The first kappa shape index (κ1) is 22.5. The molecule has 154 valence electrons. The molecule has 2 rings (SSSR count). The molecule has 2 amide bonds. The zero-order valence-corrected chi connectivity index (χ0v) is 17.0. The van der Waals surface area contributed by atoms with Crippen LogP contribution < -0.4 is 10.6 Å². The summed E-state index contributed by atoms with van der Waals surface area (Å²) in [6.07, 6.45) is 2.79. The Morgan fingerprint density at radius 1 is 0.828 bits per heavy atom. The molecular formula is C22H26N2O4S. The highest BCUT2D eigenvalue weighted by atomic mass is 32.2. The second kappa shape index (κ2) is 12.6. The van der Waals surface area contributed by atoms with Crippen LogP contribution in [0.15, 0.2) is 54.6 Å². The van der Waals surface area contributed by atoms with Crippen LogP contribution in [0.3, 0.4) is 0 Å². The van der Waals surface area contributed by atoms with Gasteiger partial charge in [0.2, 0.25) is 11.8 Å². The summed E-state index contributed by atoms with van der Waals surface area (Å²) in [5.74, 6) is -1.03. The van der Waals surface area contributed by atoms with Crippen LogP contribution in [0.2, 0.25) is 0 Å². The number of carboxylic acids is 1. The van der Waals surface area contributed by atoms with Gasteiger partial charge in [-0.15, -0.1) is 11.8 Å². The van der Waals surface area contributed by atoms with Crippen molar-refractivity contribution >= 4 is 35.2 Å². The van der Waals surface area contributed by atoms with Crippen LogP contribution in [0, 0.1) is 0 Å². The molecule has 0 aliphatic heterocycles. The summed E-state index contributed by atoms with van der Waals surface area (Å²) < 4.78 is 0. The first-order chi connectivity index (χ1) is 14.0. The van der Waals surface area contributed by atoms with Crippen LogP contribution in [0.4, 0.5) is 5.69 Å². The van der Waals surface area contributed by atoms with Gasteiger partial charge in [-0.2, -0.15) is 0 Å². The highest BCUT2D eigenvalue weighted by Gasteiger charge is 2.05. The highest BCUT2D eigenvalue weighted by molar-refractivity contribution is 8.00. The molecule has 0 atom stereocenters. The Labute approximate surface area is 175 Å². The smallest absolute Gasteiger partial charge is 0.313 e. The lowest BCUT2D eigenvalue weighted by Gasteiger charge is -2.08. The van der Waals surface area contributed by atoms with Gasteiger partial charge >= 0.3 is 5.97 Å². The van der Waals surface area contributed by atoms with E-state index in [1.165, 1.54) is 0 Å². The molecule has 0 spiro atoms. The molecule has 0 heterocycles. The molecule has 0 fully saturated rings. The molecule has 0 saturated carbocycles. The third-order valence-corrected chi connectivity index (χ3v) is 5.03. The average Bonchev–Trinajstić information content (AvgIpc) is 2.71. The number of carbonyl (C=O) groups excluding carboxylic acids is 2. The number of carbonyl (C=O) groups is 3. The maximum atomic E-state index is 12.1. The number of carboxylic acid groups (broad SMARTS) is 1. The van der Waals surface area contributed by atoms with E-state index in [9.17, 15) is 14.4 Å². The van der Waals surface area contributed by atoms with E-state index in [0.29, 0.717) is 13.0 Å². The minimum absolute atomic E-state index is 0.0238. The fraction of sp³-hybridized carbons (Fsp3) is 0.318. The Bertz CT molecular complexity index is 811. The van der Waals surface area contributed by atoms with E-state index in [2.05, 4.69) is 10.6 Å². The molecule has 0 radical (unpaired) electrons. The maximum Gasteiger partial charge on any atom is 0.313 e. The second-order valence-corrected chi connectivity index (χ2v) is 7.53. The molecule has 0 aliphatic carbocycles. The molecule has 0 unspecified atom stereocenters. The highest BCUT2D eigenvalue weighted by Crippen LogP contribution is 2.22. The van der Waals surface area contributed by atoms with Gasteiger partial charge in [-0.05, 0) is 36.1 Å². The summed E-state index contributed by atoms with van der Waals surface area (Å²) in [6.45, 7) is 0.535. The molecule has 0 aliphatic rings. The molecular weight excluding hydrogens is 388 g/mol. The number of benzene rings is 2. The fourth-order valence-electron chi connectivity index (χ4n) is 2.73. The van der Waals surface area contributed by atoms with E-state index < -0.39 is 5.97 Å². The van der Waals surface area contributed by atoms with Gasteiger partial charge in [-0.1, -0.05) is 48.9 Å². The second-order valence-electron chi connectivity index (χ2n) is 6.54. The summed E-state index contributed by atoms with van der Waals surface area (Å²) >= 11 is 1.08. The number of anilines is 1. The van der Waals surface area contributed by atoms with Gasteiger partial charge in [-0.3, -0.25) is 14.4 Å². The first-order valence-electron chi connectivity index (χ1n) is 9.56. The van der Waals surface area contributed by atoms with E-state index in [-0.39, 0.29) is 23.3 Å². The molecule has 0 bridgehead atoms. The van der Waals surface area contributed by atoms with Gasteiger partial charge in [0.05, 0.1) is 11.5 Å². The van der Waals surface area contributed by atoms with Gasteiger partial charge in [0.25, 0.3) is 0 Å². The zero-order chi connectivity index (χ0) is 20.9. The van der Waals surface area contributed by atoms with Gasteiger partial charge in [0.15, 0.2) is 0 Å². The fourth-order valence-corrected chi connectivity index (χ4v) is 3.29. The quantitative estimate of drug-likeness (QED) is 0.459. The molecule has 0 saturated heterocycles. The van der Waals surface area contributed by atoms with Crippen molar-refractivity contribution in [2.45, 2.75) is 25.7 Å². The third kappa shape index (κ3) is 9.30. The van der Waals surface area contributed by atoms with Crippen LogP contribution in [-0.4, -0.2) is 40.9 Å². The number of amides is 2. The van der Waals surface area contributed by atoms with Gasteiger partial charge in [0.1, 0.15) is 0 Å². The Hall–Kier alpha value is -2.80. The minimum Gasteiger partial charge on any atom is -0.481 e. The predicted octanol–water partition coefficient (Wildman–Crippen LogP) is 3.79. The molecule has 0 aromatic heterocycles. The normalized spacial score (nSPS) is 10.3. The van der Waals surface area contributed by atoms with Crippen molar-refractivity contribution in [3.63, 3.8) is 0 Å². The van der Waals surface area contributed by atoms with Crippen LogP contribution in [0.25, 0.3) is 11.1 Å². The van der Waals surface area contributed by atoms with Crippen molar-refractivity contribution in [2.75, 3.05) is 23.4 Å². The molecule has 29 heavy (non-hydrogen) atoms. The van der Waals surface area contributed by atoms with Crippen molar-refractivity contribution in [3.8, 4) is 11.1 Å². The topological polar surface area (TPSA) is 95.5 Å². The zero-order valence-electron chi connectivity index (χ0n) is 16.2. The van der Waals surface area contributed by atoms with E-state index in [1.54, 1.807) is 0 Å². The van der Waals surface area contributed by atoms with Gasteiger partial charge < -0.3 is 15.7 Å². The van der Waals surface area contributed by atoms with E-state index >= 15 is 0 Å². The van der Waals surface area contributed by atoms with Crippen molar-refractivity contribution in [3.05, 3.63) is 54.6 Å². The lowest BCUT2D eigenvalue weighted by Crippen LogP contribution is -2.26. The van der Waals surface area contributed by atoms with Crippen molar-refractivity contribution < 1.29 is 19.5 Å². The summed E-state index contributed by atoms with van der Waals surface area (Å²) in [4.78, 5) is 34.0. The van der Waals surface area contributed by atoms with E-state index in [1.807, 2.05) is 54.6 Å². The van der Waals surface area contributed by atoms with Crippen molar-refractivity contribution in [1.82, 2.24) is 5.32 Å². The average molecular weight is 415 g/mol. The number of hydrogen-bond acceptors (Lipinski definition) is 4. The number of thioether (sulfide) groups is 1.